The molecule has 0 aliphatic heterocycles. The molecule has 1 aromatic heterocycles. The molecule has 0 aliphatic carbocycles. The first-order chi connectivity index (χ1) is 12.8. The molecular weight excluding hydrogens is 456 g/mol. The zero-order chi connectivity index (χ0) is 18.2. The maximum Gasteiger partial charge on any atom is 0.191 e. The smallest absolute Gasteiger partial charge is 0.191 e. The number of halogens is 2. The molecule has 5 nitrogen and oxygen atoms in total. The van der Waals surface area contributed by atoms with Crippen molar-refractivity contribution in [1.29, 1.82) is 0 Å². The van der Waals surface area contributed by atoms with Crippen molar-refractivity contribution >= 4 is 29.9 Å². The van der Waals surface area contributed by atoms with E-state index in [1.807, 2.05) is 53.5 Å². The third kappa shape index (κ3) is 6.06. The molecule has 7 heteroatoms. The minimum Gasteiger partial charge on any atom is -0.356 e. The summed E-state index contributed by atoms with van der Waals surface area (Å²) in [5, 5.41) is 10.8. The molecule has 0 saturated heterocycles. The second-order valence-electron chi connectivity index (χ2n) is 5.82. The van der Waals surface area contributed by atoms with Gasteiger partial charge >= 0.3 is 0 Å². The van der Waals surface area contributed by atoms with Gasteiger partial charge in [0.1, 0.15) is 5.82 Å². The summed E-state index contributed by atoms with van der Waals surface area (Å²) >= 11 is 0. The van der Waals surface area contributed by atoms with Gasteiger partial charge in [-0.05, 0) is 30.2 Å². The van der Waals surface area contributed by atoms with Gasteiger partial charge in [-0.15, -0.1) is 24.0 Å². The third-order valence-electron chi connectivity index (χ3n) is 3.98. The summed E-state index contributed by atoms with van der Waals surface area (Å²) in [6, 6.07) is 16.8. The number of rotatable bonds is 6. The van der Waals surface area contributed by atoms with Crippen LogP contribution in [-0.4, -0.2) is 29.3 Å². The van der Waals surface area contributed by atoms with Crippen molar-refractivity contribution in [3.63, 3.8) is 0 Å². The molecule has 0 aliphatic rings. The number of aliphatic imine (C=N–C) groups is 1. The summed E-state index contributed by atoms with van der Waals surface area (Å²) in [6.45, 7) is 1.20. The fraction of sp³-hybridized carbons (Fsp3) is 0.200. The molecule has 2 aromatic carbocycles. The average Bonchev–Trinajstić information content (AvgIpc) is 3.16. The Balaban J connectivity index is 0.00000261. The first-order valence-electron chi connectivity index (χ1n) is 8.53. The number of nitrogens with zero attached hydrogens (tertiary/aromatic N) is 3. The van der Waals surface area contributed by atoms with Crippen molar-refractivity contribution in [3.8, 4) is 5.69 Å². The van der Waals surface area contributed by atoms with Gasteiger partial charge in [-0.2, -0.15) is 5.10 Å². The predicted octanol–water partition coefficient (Wildman–Crippen LogP) is 3.54. The second kappa shape index (κ2) is 10.7. The Kier molecular flexibility index (Phi) is 8.25. The van der Waals surface area contributed by atoms with Crippen LogP contribution < -0.4 is 10.6 Å². The van der Waals surface area contributed by atoms with E-state index < -0.39 is 0 Å². The van der Waals surface area contributed by atoms with E-state index in [4.69, 9.17) is 0 Å². The van der Waals surface area contributed by atoms with E-state index in [2.05, 4.69) is 20.7 Å². The van der Waals surface area contributed by atoms with E-state index in [0.717, 1.165) is 11.3 Å². The van der Waals surface area contributed by atoms with E-state index in [0.29, 0.717) is 31.0 Å². The fourth-order valence-corrected chi connectivity index (χ4v) is 2.60. The largest absolute Gasteiger partial charge is 0.356 e. The van der Waals surface area contributed by atoms with E-state index in [1.165, 1.54) is 6.07 Å². The molecule has 0 unspecified atom stereocenters. The molecule has 0 spiro atoms. The lowest BCUT2D eigenvalue weighted by atomic mass is 10.1. The van der Waals surface area contributed by atoms with Gasteiger partial charge in [-0.3, -0.25) is 4.99 Å². The van der Waals surface area contributed by atoms with Crippen LogP contribution in [0.1, 0.15) is 11.1 Å². The van der Waals surface area contributed by atoms with Crippen LogP contribution in [0.2, 0.25) is 0 Å². The van der Waals surface area contributed by atoms with E-state index in [9.17, 15) is 4.39 Å². The summed E-state index contributed by atoms with van der Waals surface area (Å²) in [5.74, 6) is 0.499. The Morgan fingerprint density at radius 1 is 1.07 bits per heavy atom. The van der Waals surface area contributed by atoms with Crippen LogP contribution in [0, 0.1) is 5.82 Å². The lowest BCUT2D eigenvalue weighted by Gasteiger charge is -2.11. The zero-order valence-electron chi connectivity index (χ0n) is 15.1. The Bertz CT molecular complexity index is 864. The molecule has 2 N–H and O–H groups in total. The molecule has 27 heavy (non-hydrogen) atoms. The monoisotopic (exact) mass is 479 g/mol. The fourth-order valence-electron chi connectivity index (χ4n) is 2.60. The molecule has 0 radical (unpaired) electrons. The van der Waals surface area contributed by atoms with Gasteiger partial charge in [0.05, 0.1) is 11.9 Å². The van der Waals surface area contributed by atoms with Gasteiger partial charge in [0.2, 0.25) is 0 Å². The van der Waals surface area contributed by atoms with Crippen LogP contribution in [0.25, 0.3) is 5.69 Å². The van der Waals surface area contributed by atoms with Crippen molar-refractivity contribution < 1.29 is 4.39 Å². The van der Waals surface area contributed by atoms with Gasteiger partial charge in [0, 0.05) is 31.9 Å². The normalized spacial score (nSPS) is 11.0. The van der Waals surface area contributed by atoms with Crippen LogP contribution >= 0.6 is 24.0 Å². The number of guanidine groups is 1. The number of nitrogens with one attached hydrogen (secondary N) is 2. The maximum absolute atomic E-state index is 13.6. The van der Waals surface area contributed by atoms with Crippen LogP contribution in [0.5, 0.6) is 0 Å². The van der Waals surface area contributed by atoms with Crippen molar-refractivity contribution in [2.24, 2.45) is 4.99 Å². The molecule has 0 fully saturated rings. The number of hydrogen-bond acceptors (Lipinski definition) is 2. The second-order valence-corrected chi connectivity index (χ2v) is 5.82. The molecule has 0 saturated carbocycles. The number of aromatic nitrogens is 2. The zero-order valence-corrected chi connectivity index (χ0v) is 17.4. The van der Waals surface area contributed by atoms with E-state index in [-0.39, 0.29) is 29.8 Å². The molecule has 1 heterocycles. The molecular formula is C20H23FIN5. The lowest BCUT2D eigenvalue weighted by Crippen LogP contribution is -2.37. The summed E-state index contributed by atoms with van der Waals surface area (Å²) < 4.78 is 15.5. The summed E-state index contributed by atoms with van der Waals surface area (Å²) in [5.41, 5.74) is 2.76. The van der Waals surface area contributed by atoms with Crippen LogP contribution in [0.15, 0.2) is 72.0 Å². The average molecular weight is 479 g/mol. The topological polar surface area (TPSA) is 54.2 Å². The molecule has 3 rings (SSSR count). The SMILES string of the molecule is CN=C(NCCc1ccccc1F)NCc1cnn(-c2ccccc2)c1.I. The quantitative estimate of drug-likeness (QED) is 0.323. The Morgan fingerprint density at radius 3 is 2.56 bits per heavy atom. The Labute approximate surface area is 175 Å². The summed E-state index contributed by atoms with van der Waals surface area (Å²) in [6.07, 6.45) is 4.40. The molecule has 0 bridgehead atoms. The van der Waals surface area contributed by atoms with Gasteiger partial charge in [-0.1, -0.05) is 36.4 Å². The van der Waals surface area contributed by atoms with Gasteiger partial charge < -0.3 is 10.6 Å². The molecule has 0 amide bonds. The highest BCUT2D eigenvalue weighted by atomic mass is 127. The van der Waals surface area contributed by atoms with Crippen LogP contribution in [0.3, 0.4) is 0 Å². The van der Waals surface area contributed by atoms with Gasteiger partial charge in [-0.25, -0.2) is 9.07 Å². The predicted molar refractivity (Wildman–Crippen MR) is 117 cm³/mol. The molecule has 3 aromatic rings. The minimum absolute atomic E-state index is 0. The van der Waals surface area contributed by atoms with Crippen LogP contribution in [-0.2, 0) is 13.0 Å². The van der Waals surface area contributed by atoms with E-state index >= 15 is 0 Å². The van der Waals surface area contributed by atoms with Gasteiger partial charge in [0.25, 0.3) is 0 Å². The van der Waals surface area contributed by atoms with Crippen molar-refractivity contribution in [2.75, 3.05) is 13.6 Å². The minimum atomic E-state index is -0.175. The first kappa shape index (κ1) is 20.9. The molecule has 0 atom stereocenters. The van der Waals surface area contributed by atoms with Crippen LogP contribution in [0.4, 0.5) is 4.39 Å². The van der Waals surface area contributed by atoms with Crippen molar-refractivity contribution in [1.82, 2.24) is 20.4 Å². The summed E-state index contributed by atoms with van der Waals surface area (Å²) in [7, 11) is 1.71. The highest BCUT2D eigenvalue weighted by Gasteiger charge is 2.04. The number of benzene rings is 2. The third-order valence-corrected chi connectivity index (χ3v) is 3.98. The molecule has 142 valence electrons. The van der Waals surface area contributed by atoms with Crippen molar-refractivity contribution in [3.05, 3.63) is 83.9 Å². The maximum atomic E-state index is 13.6. The summed E-state index contributed by atoms with van der Waals surface area (Å²) in [4.78, 5) is 4.20. The standard InChI is InChI=1S/C20H22FN5.HI/c1-22-20(23-12-11-17-7-5-6-10-19(17)21)24-13-16-14-25-26(15-16)18-8-3-2-4-9-18;/h2-10,14-15H,11-13H2,1H3,(H2,22,23,24);1H. The Morgan fingerprint density at radius 2 is 1.81 bits per heavy atom. The highest BCUT2D eigenvalue weighted by Crippen LogP contribution is 2.08. The number of para-hydroxylation sites is 1. The first-order valence-corrected chi connectivity index (χ1v) is 8.53. The Hall–Kier alpha value is -2.42. The lowest BCUT2D eigenvalue weighted by molar-refractivity contribution is 0.606. The number of hydrogen-bond donors (Lipinski definition) is 2. The van der Waals surface area contributed by atoms with Gasteiger partial charge in [0.15, 0.2) is 5.96 Å². The van der Waals surface area contributed by atoms with Crippen molar-refractivity contribution in [2.45, 2.75) is 13.0 Å². The van der Waals surface area contributed by atoms with E-state index in [1.54, 1.807) is 19.2 Å². The highest BCUT2D eigenvalue weighted by molar-refractivity contribution is 14.0.